The first-order valence-electron chi connectivity index (χ1n) is 5.21. The van der Waals surface area contributed by atoms with Gasteiger partial charge in [0.25, 0.3) is 5.92 Å². The van der Waals surface area contributed by atoms with Crippen molar-refractivity contribution in [2.24, 2.45) is 0 Å². The van der Waals surface area contributed by atoms with Gasteiger partial charge in [-0.1, -0.05) is 11.6 Å². The summed E-state index contributed by atoms with van der Waals surface area (Å²) in [5.41, 5.74) is 3.92. The van der Waals surface area contributed by atoms with Crippen LogP contribution in [0.2, 0.25) is 0 Å². The van der Waals surface area contributed by atoms with Crippen LogP contribution in [-0.2, 0) is 17.3 Å². The Balaban J connectivity index is 3.25. The van der Waals surface area contributed by atoms with Crippen LogP contribution in [-0.4, -0.2) is 14.2 Å². The van der Waals surface area contributed by atoms with Crippen molar-refractivity contribution in [3.05, 3.63) is 28.8 Å². The second-order valence-corrected chi connectivity index (χ2v) is 3.92. The third-order valence-corrected chi connectivity index (χ3v) is 2.39. The van der Waals surface area contributed by atoms with Gasteiger partial charge < -0.3 is 9.57 Å². The Bertz CT molecular complexity index is 389. The Labute approximate surface area is 99.7 Å². The molecule has 0 fully saturated rings. The molecule has 0 heterocycles. The minimum atomic E-state index is -2.93. The predicted octanol–water partition coefficient (Wildman–Crippen LogP) is 2.77. The van der Waals surface area contributed by atoms with Crippen molar-refractivity contribution >= 4 is 0 Å². The largest absolute Gasteiger partial charge is 0.496 e. The Morgan fingerprint density at radius 3 is 2.41 bits per heavy atom. The average molecular weight is 245 g/mol. The molecule has 0 spiro atoms. The second kappa shape index (κ2) is 5.42. The summed E-state index contributed by atoms with van der Waals surface area (Å²) in [6, 6.07) is 3.23. The molecule has 1 N–H and O–H groups in total. The maximum absolute atomic E-state index is 13.5. The van der Waals surface area contributed by atoms with Gasteiger partial charge >= 0.3 is 0 Å². The number of halogens is 2. The standard InChI is InChI=1S/C12H17F2NO2/c1-8-5-9(7-15-17-4)11(16-3)10(6-8)12(2,13)14/h5-6,15H,7H2,1-4H3. The number of alkyl halides is 2. The molecule has 0 atom stereocenters. The average Bonchev–Trinajstić information content (AvgIpc) is 2.24. The predicted molar refractivity (Wildman–Crippen MR) is 61.1 cm³/mol. The number of ether oxygens (including phenoxy) is 1. The molecule has 0 saturated carbocycles. The van der Waals surface area contributed by atoms with Gasteiger partial charge in [-0.05, 0) is 13.0 Å². The lowest BCUT2D eigenvalue weighted by atomic mass is 10.0. The highest BCUT2D eigenvalue weighted by Gasteiger charge is 2.30. The summed E-state index contributed by atoms with van der Waals surface area (Å²) in [4.78, 5) is 4.72. The van der Waals surface area contributed by atoms with Crippen LogP contribution >= 0.6 is 0 Å². The molecule has 0 bridgehead atoms. The van der Waals surface area contributed by atoms with E-state index in [0.717, 1.165) is 12.5 Å². The summed E-state index contributed by atoms with van der Waals surface area (Å²) in [5.74, 6) is -2.73. The maximum Gasteiger partial charge on any atom is 0.274 e. The molecule has 17 heavy (non-hydrogen) atoms. The summed E-state index contributed by atoms with van der Waals surface area (Å²) in [5, 5.41) is 0. The number of rotatable bonds is 5. The third kappa shape index (κ3) is 3.38. The Morgan fingerprint density at radius 1 is 1.29 bits per heavy atom. The molecule has 0 aromatic heterocycles. The van der Waals surface area contributed by atoms with Crippen LogP contribution < -0.4 is 10.2 Å². The van der Waals surface area contributed by atoms with Gasteiger partial charge in [-0.3, -0.25) is 0 Å². The van der Waals surface area contributed by atoms with Crippen molar-refractivity contribution in [1.82, 2.24) is 5.48 Å². The van der Waals surface area contributed by atoms with Gasteiger partial charge in [0.05, 0.1) is 19.8 Å². The zero-order chi connectivity index (χ0) is 13.1. The number of hydrogen-bond acceptors (Lipinski definition) is 3. The number of methoxy groups -OCH3 is 1. The lowest BCUT2D eigenvalue weighted by Gasteiger charge is -2.19. The van der Waals surface area contributed by atoms with Crippen LogP contribution in [0.4, 0.5) is 8.78 Å². The lowest BCUT2D eigenvalue weighted by molar-refractivity contribution is 0.0146. The zero-order valence-electron chi connectivity index (χ0n) is 10.4. The van der Waals surface area contributed by atoms with E-state index in [9.17, 15) is 8.78 Å². The van der Waals surface area contributed by atoms with Gasteiger partial charge in [0.15, 0.2) is 0 Å². The van der Waals surface area contributed by atoms with E-state index in [4.69, 9.17) is 9.57 Å². The van der Waals surface area contributed by atoms with Crippen LogP contribution in [0.5, 0.6) is 5.75 Å². The van der Waals surface area contributed by atoms with Gasteiger partial charge in [-0.15, -0.1) is 0 Å². The fourth-order valence-electron chi connectivity index (χ4n) is 1.70. The fourth-order valence-corrected chi connectivity index (χ4v) is 1.70. The molecular weight excluding hydrogens is 228 g/mol. The smallest absolute Gasteiger partial charge is 0.274 e. The molecule has 5 heteroatoms. The molecule has 0 aliphatic rings. The lowest BCUT2D eigenvalue weighted by Crippen LogP contribution is -2.15. The summed E-state index contributed by atoms with van der Waals surface area (Å²) in [6.45, 7) is 2.94. The van der Waals surface area contributed by atoms with Crippen molar-refractivity contribution in [3.8, 4) is 5.75 Å². The molecule has 1 aromatic rings. The van der Waals surface area contributed by atoms with Crippen molar-refractivity contribution < 1.29 is 18.4 Å². The highest BCUT2D eigenvalue weighted by molar-refractivity contribution is 5.46. The third-order valence-electron chi connectivity index (χ3n) is 2.39. The molecular formula is C12H17F2NO2. The molecule has 96 valence electrons. The molecule has 0 radical (unpaired) electrons. The summed E-state index contributed by atoms with van der Waals surface area (Å²) in [7, 11) is 2.85. The van der Waals surface area contributed by atoms with E-state index in [1.807, 2.05) is 0 Å². The van der Waals surface area contributed by atoms with Gasteiger partial charge in [0.1, 0.15) is 5.75 Å². The number of nitrogens with one attached hydrogen (secondary N) is 1. The Morgan fingerprint density at radius 2 is 1.94 bits per heavy atom. The molecule has 0 unspecified atom stereocenters. The van der Waals surface area contributed by atoms with E-state index in [2.05, 4.69) is 5.48 Å². The summed E-state index contributed by atoms with van der Waals surface area (Å²) in [6.07, 6.45) is 0. The zero-order valence-corrected chi connectivity index (χ0v) is 10.4. The number of hydrogen-bond donors (Lipinski definition) is 1. The van der Waals surface area contributed by atoms with E-state index in [1.54, 1.807) is 13.0 Å². The van der Waals surface area contributed by atoms with Gasteiger partial charge in [0, 0.05) is 19.0 Å². The highest BCUT2D eigenvalue weighted by atomic mass is 19.3. The SMILES string of the molecule is CONCc1cc(C)cc(C(C)(F)F)c1OC. The van der Waals surface area contributed by atoms with Crippen LogP contribution in [0.15, 0.2) is 12.1 Å². The number of hydroxylamine groups is 1. The second-order valence-electron chi connectivity index (χ2n) is 3.92. The topological polar surface area (TPSA) is 30.5 Å². The first kappa shape index (κ1) is 13.9. The fraction of sp³-hybridized carbons (Fsp3) is 0.500. The molecule has 0 saturated heterocycles. The molecule has 0 aliphatic carbocycles. The van der Waals surface area contributed by atoms with E-state index >= 15 is 0 Å². The van der Waals surface area contributed by atoms with E-state index in [1.165, 1.54) is 20.3 Å². The van der Waals surface area contributed by atoms with E-state index in [0.29, 0.717) is 12.1 Å². The first-order valence-corrected chi connectivity index (χ1v) is 5.21. The van der Waals surface area contributed by atoms with Crippen LogP contribution in [0, 0.1) is 6.92 Å². The molecule has 1 aromatic carbocycles. The molecule has 0 amide bonds. The molecule has 3 nitrogen and oxygen atoms in total. The van der Waals surface area contributed by atoms with Crippen LogP contribution in [0.1, 0.15) is 23.6 Å². The Hall–Kier alpha value is -1.20. The van der Waals surface area contributed by atoms with Gasteiger partial charge in [-0.25, -0.2) is 8.78 Å². The van der Waals surface area contributed by atoms with Gasteiger partial charge in [-0.2, -0.15) is 5.48 Å². The van der Waals surface area contributed by atoms with Crippen LogP contribution in [0.3, 0.4) is 0 Å². The van der Waals surface area contributed by atoms with Crippen molar-refractivity contribution in [1.29, 1.82) is 0 Å². The van der Waals surface area contributed by atoms with Crippen molar-refractivity contribution in [3.63, 3.8) is 0 Å². The molecule has 0 aliphatic heterocycles. The van der Waals surface area contributed by atoms with Crippen LogP contribution in [0.25, 0.3) is 0 Å². The Kier molecular flexibility index (Phi) is 4.42. The molecule has 1 rings (SSSR count). The summed E-state index contributed by atoms with van der Waals surface area (Å²) < 4.78 is 32.0. The van der Waals surface area contributed by atoms with E-state index < -0.39 is 5.92 Å². The quantitative estimate of drug-likeness (QED) is 0.809. The first-order chi connectivity index (χ1) is 7.90. The normalized spacial score (nSPS) is 11.6. The minimum Gasteiger partial charge on any atom is -0.496 e. The highest BCUT2D eigenvalue weighted by Crippen LogP contribution is 2.37. The maximum atomic E-state index is 13.5. The summed E-state index contributed by atoms with van der Waals surface area (Å²) >= 11 is 0. The number of benzene rings is 1. The van der Waals surface area contributed by atoms with Crippen molar-refractivity contribution in [2.75, 3.05) is 14.2 Å². The monoisotopic (exact) mass is 245 g/mol. The number of aryl methyl sites for hydroxylation is 1. The van der Waals surface area contributed by atoms with Gasteiger partial charge in [0.2, 0.25) is 0 Å². The minimum absolute atomic E-state index is 0.104. The van der Waals surface area contributed by atoms with Crippen molar-refractivity contribution in [2.45, 2.75) is 26.3 Å². The van der Waals surface area contributed by atoms with E-state index in [-0.39, 0.29) is 11.3 Å².